The third-order valence-corrected chi connectivity index (χ3v) is 4.47. The topological polar surface area (TPSA) is 58.0 Å². The summed E-state index contributed by atoms with van der Waals surface area (Å²) in [6.45, 7) is 0. The summed E-state index contributed by atoms with van der Waals surface area (Å²) in [5.74, 6) is 0.548. The predicted octanol–water partition coefficient (Wildman–Crippen LogP) is 2.65. The van der Waals surface area contributed by atoms with Gasteiger partial charge in [0.1, 0.15) is 9.52 Å². The van der Waals surface area contributed by atoms with Crippen molar-refractivity contribution >= 4 is 74.1 Å². The molecule has 0 bridgehead atoms. The van der Waals surface area contributed by atoms with E-state index >= 15 is 0 Å². The molecule has 2 N–H and O–H groups in total. The maximum Gasteiger partial charge on any atom is 0.241 e. The number of pyridine rings is 1. The molecule has 0 aliphatic heterocycles. The predicted molar refractivity (Wildman–Crippen MR) is 80.6 cm³/mol. The Hall–Kier alpha value is -0.0300. The number of halogens is 2. The van der Waals surface area contributed by atoms with E-state index < -0.39 is 0 Å². The third-order valence-electron chi connectivity index (χ3n) is 1.46. The molecule has 15 heavy (non-hydrogen) atoms. The molecule has 0 spiro atoms. The Morgan fingerprint density at radius 1 is 1.53 bits per heavy atom. The van der Waals surface area contributed by atoms with Gasteiger partial charge in [-0.25, -0.2) is 4.98 Å². The normalized spacial score (nSPS) is 9.53. The molecule has 0 saturated heterocycles. The third kappa shape index (κ3) is 3.79. The second kappa shape index (κ2) is 5.89. The molecule has 1 rings (SSSR count). The van der Waals surface area contributed by atoms with Crippen LogP contribution in [0.5, 0.6) is 0 Å². The number of methoxy groups -OCH3 is 1. The maximum absolute atomic E-state index is 7.33. The molecule has 0 amide bonds. The van der Waals surface area contributed by atoms with Crippen molar-refractivity contribution in [2.75, 3.05) is 12.4 Å². The van der Waals surface area contributed by atoms with Gasteiger partial charge in [-0.3, -0.25) is 5.41 Å². The summed E-state index contributed by atoms with van der Waals surface area (Å²) >= 11 is 9.26. The first-order valence-electron chi connectivity index (χ1n) is 3.80. The minimum atomic E-state index is -0.0691. The lowest BCUT2D eigenvalue weighted by Crippen LogP contribution is -2.21. The van der Waals surface area contributed by atoms with Gasteiger partial charge in [-0.05, 0) is 57.3 Å². The molecular formula is C8H7I2N3OS. The molecule has 7 heteroatoms. The summed E-state index contributed by atoms with van der Waals surface area (Å²) in [5, 5.41) is 10.2. The summed E-state index contributed by atoms with van der Waals surface area (Å²) in [4.78, 5) is 4.48. The average molecular weight is 447 g/mol. The van der Waals surface area contributed by atoms with Crippen LogP contribution in [-0.2, 0) is 4.74 Å². The Balaban J connectivity index is 2.77. The molecule has 0 saturated carbocycles. The number of anilines is 1. The second-order valence-corrected chi connectivity index (χ2v) is 5.05. The maximum atomic E-state index is 7.33. The molecule has 80 valence electrons. The Bertz CT molecular complexity index is 411. The molecule has 0 fully saturated rings. The lowest BCUT2D eigenvalue weighted by Gasteiger charge is -2.07. The van der Waals surface area contributed by atoms with E-state index in [0.717, 1.165) is 7.27 Å². The standard InChI is InChI=1S/C8H7I2N3OS/c1-14-7(11)8(15)13-5-3-2-4(9)6(10)12-5/h2-3,11H,1H3,(H,12,13,15). The van der Waals surface area contributed by atoms with Gasteiger partial charge < -0.3 is 10.1 Å². The van der Waals surface area contributed by atoms with Crippen molar-refractivity contribution < 1.29 is 4.74 Å². The second-order valence-electron chi connectivity index (χ2n) is 2.46. The first-order valence-corrected chi connectivity index (χ1v) is 6.37. The Morgan fingerprint density at radius 2 is 2.20 bits per heavy atom. The average Bonchev–Trinajstić information content (AvgIpc) is 2.22. The fourth-order valence-electron chi connectivity index (χ4n) is 0.753. The lowest BCUT2D eigenvalue weighted by molar-refractivity contribution is 0.408. The van der Waals surface area contributed by atoms with Crippen LogP contribution in [0.4, 0.5) is 5.82 Å². The van der Waals surface area contributed by atoms with E-state index in [-0.39, 0.29) is 10.9 Å². The van der Waals surface area contributed by atoms with Gasteiger partial charge >= 0.3 is 0 Å². The molecule has 1 aromatic rings. The van der Waals surface area contributed by atoms with Crippen LogP contribution in [0.1, 0.15) is 0 Å². The lowest BCUT2D eigenvalue weighted by atomic mass is 10.4. The van der Waals surface area contributed by atoms with Crippen LogP contribution in [0.25, 0.3) is 0 Å². The first kappa shape index (κ1) is 13.0. The zero-order valence-corrected chi connectivity index (χ0v) is 12.8. The summed E-state index contributed by atoms with van der Waals surface area (Å²) in [6.07, 6.45) is 0. The molecule has 0 aromatic carbocycles. The van der Waals surface area contributed by atoms with Gasteiger partial charge in [-0.2, -0.15) is 0 Å². The van der Waals surface area contributed by atoms with E-state index in [1.54, 1.807) is 6.07 Å². The van der Waals surface area contributed by atoms with E-state index in [4.69, 9.17) is 17.6 Å². The highest BCUT2D eigenvalue weighted by atomic mass is 127. The van der Waals surface area contributed by atoms with Gasteiger partial charge in [0.2, 0.25) is 5.90 Å². The van der Waals surface area contributed by atoms with Crippen LogP contribution >= 0.6 is 57.4 Å². The monoisotopic (exact) mass is 447 g/mol. The smallest absolute Gasteiger partial charge is 0.241 e. The van der Waals surface area contributed by atoms with E-state index in [9.17, 15) is 0 Å². The van der Waals surface area contributed by atoms with Gasteiger partial charge in [-0.15, -0.1) is 0 Å². The largest absolute Gasteiger partial charge is 0.479 e. The molecule has 0 aliphatic rings. The molecule has 0 radical (unpaired) electrons. The highest BCUT2D eigenvalue weighted by molar-refractivity contribution is 14.1. The van der Waals surface area contributed by atoms with Crippen molar-refractivity contribution in [3.63, 3.8) is 0 Å². The number of aromatic nitrogens is 1. The number of hydrogen-bond donors (Lipinski definition) is 2. The van der Waals surface area contributed by atoms with Crippen molar-refractivity contribution in [3.05, 3.63) is 19.4 Å². The summed E-state index contributed by atoms with van der Waals surface area (Å²) in [6, 6.07) is 3.73. The SMILES string of the molecule is COC(=N)C(=S)Nc1ccc(I)c(I)n1. The number of ether oxygens (including phenoxy) is 1. The number of nitrogens with one attached hydrogen (secondary N) is 2. The number of nitrogens with zero attached hydrogens (tertiary/aromatic N) is 1. The number of rotatable bonds is 1. The van der Waals surface area contributed by atoms with Crippen LogP contribution < -0.4 is 5.32 Å². The molecule has 4 nitrogen and oxygen atoms in total. The van der Waals surface area contributed by atoms with Crippen LogP contribution in [0.2, 0.25) is 0 Å². The van der Waals surface area contributed by atoms with Gasteiger partial charge in [0.25, 0.3) is 0 Å². The fraction of sp³-hybridized carbons (Fsp3) is 0.125. The van der Waals surface area contributed by atoms with Crippen molar-refractivity contribution in [2.45, 2.75) is 0 Å². The van der Waals surface area contributed by atoms with E-state index in [0.29, 0.717) is 5.82 Å². The molecule has 0 unspecified atom stereocenters. The van der Waals surface area contributed by atoms with Gasteiger partial charge in [-0.1, -0.05) is 12.2 Å². The van der Waals surface area contributed by atoms with E-state index in [1.807, 2.05) is 6.07 Å². The van der Waals surface area contributed by atoms with Crippen LogP contribution in [0, 0.1) is 12.7 Å². The molecule has 1 heterocycles. The molecule has 0 aliphatic carbocycles. The van der Waals surface area contributed by atoms with Crippen LogP contribution in [-0.4, -0.2) is 23.0 Å². The molecule has 0 atom stereocenters. The number of hydrogen-bond acceptors (Lipinski definition) is 4. The van der Waals surface area contributed by atoms with Gasteiger partial charge in [0.05, 0.1) is 7.11 Å². The minimum absolute atomic E-state index is 0.0691. The van der Waals surface area contributed by atoms with Crippen molar-refractivity contribution in [2.24, 2.45) is 0 Å². The quantitative estimate of drug-likeness (QED) is 0.229. The highest BCUT2D eigenvalue weighted by Gasteiger charge is 2.06. The summed E-state index contributed by atoms with van der Waals surface area (Å²) in [5.41, 5.74) is 0. The van der Waals surface area contributed by atoms with Crippen molar-refractivity contribution in [3.8, 4) is 0 Å². The number of thiocarbonyl (C=S) groups is 1. The molecular weight excluding hydrogens is 440 g/mol. The Labute approximate surface area is 120 Å². The highest BCUT2D eigenvalue weighted by Crippen LogP contribution is 2.15. The van der Waals surface area contributed by atoms with Gasteiger partial charge in [0, 0.05) is 3.57 Å². The summed E-state index contributed by atoms with van der Waals surface area (Å²) in [7, 11) is 1.40. The van der Waals surface area contributed by atoms with Crippen molar-refractivity contribution in [1.82, 2.24) is 4.98 Å². The van der Waals surface area contributed by atoms with E-state index in [1.165, 1.54) is 7.11 Å². The van der Waals surface area contributed by atoms with Crippen molar-refractivity contribution in [1.29, 1.82) is 5.41 Å². The Kier molecular flexibility index (Phi) is 5.12. The van der Waals surface area contributed by atoms with Crippen LogP contribution in [0.15, 0.2) is 12.1 Å². The summed E-state index contributed by atoms with van der Waals surface area (Å²) < 4.78 is 6.66. The first-order chi connectivity index (χ1) is 7.04. The molecule has 1 aromatic heterocycles. The van der Waals surface area contributed by atoms with E-state index in [2.05, 4.69) is 60.2 Å². The minimum Gasteiger partial charge on any atom is -0.479 e. The fourth-order valence-corrected chi connectivity index (χ4v) is 1.68. The van der Waals surface area contributed by atoms with Gasteiger partial charge in [0.15, 0.2) is 4.99 Å². The zero-order valence-electron chi connectivity index (χ0n) is 7.67. The zero-order chi connectivity index (χ0) is 11.4. The Morgan fingerprint density at radius 3 is 2.73 bits per heavy atom. The van der Waals surface area contributed by atoms with Crippen LogP contribution in [0.3, 0.4) is 0 Å².